The number of carbonyl (C=O) groups excluding carboxylic acids is 2. The van der Waals surface area contributed by atoms with Gasteiger partial charge in [-0.1, -0.05) is 62.2 Å². The van der Waals surface area contributed by atoms with Gasteiger partial charge < -0.3 is 9.57 Å². The summed E-state index contributed by atoms with van der Waals surface area (Å²) < 4.78 is 48.5. The van der Waals surface area contributed by atoms with Crippen LogP contribution in [-0.4, -0.2) is 31.1 Å². The summed E-state index contributed by atoms with van der Waals surface area (Å²) in [5.74, 6) is -1.58. The standard InChI is InChI=1S/C30H36FN3O6S/c1-20(35)40-34(28(36)39-30(5,6)7)27-13-9-12-25(32-27)26(18-21-14-16-22(17-15-21)29(2,3)4)33-41(37,38)24-11-8-10-23(31)19-24/h8-17,19,26,33H,18H2,1-7H3. The molecule has 0 aliphatic carbocycles. The van der Waals surface area contributed by atoms with Crippen LogP contribution in [0.4, 0.5) is 15.0 Å². The summed E-state index contributed by atoms with van der Waals surface area (Å²) in [6, 6.07) is 16.0. The molecule has 1 unspecified atom stereocenters. The molecule has 41 heavy (non-hydrogen) atoms. The number of hydroxylamine groups is 1. The van der Waals surface area contributed by atoms with Gasteiger partial charge in [0.25, 0.3) is 0 Å². The number of carbonyl (C=O) groups is 2. The monoisotopic (exact) mass is 585 g/mol. The minimum Gasteiger partial charge on any atom is -0.441 e. The van der Waals surface area contributed by atoms with Crippen molar-refractivity contribution in [2.45, 2.75) is 76.8 Å². The van der Waals surface area contributed by atoms with Crippen LogP contribution >= 0.6 is 0 Å². The Morgan fingerprint density at radius 3 is 2.17 bits per heavy atom. The number of sulfonamides is 1. The van der Waals surface area contributed by atoms with Crippen molar-refractivity contribution in [1.82, 2.24) is 9.71 Å². The zero-order valence-electron chi connectivity index (χ0n) is 24.3. The van der Waals surface area contributed by atoms with Crippen LogP contribution in [0.25, 0.3) is 0 Å². The van der Waals surface area contributed by atoms with Crippen LogP contribution in [-0.2, 0) is 36.2 Å². The Balaban J connectivity index is 2.05. The van der Waals surface area contributed by atoms with Crippen LogP contribution in [0.15, 0.2) is 71.6 Å². The second-order valence-electron chi connectivity index (χ2n) is 11.6. The molecular weight excluding hydrogens is 549 g/mol. The van der Waals surface area contributed by atoms with E-state index in [9.17, 15) is 22.4 Å². The Labute approximate surface area is 240 Å². The van der Waals surface area contributed by atoms with Crippen LogP contribution < -0.4 is 9.79 Å². The fourth-order valence-electron chi connectivity index (χ4n) is 3.83. The molecule has 1 heterocycles. The number of halogens is 1. The number of pyridine rings is 1. The summed E-state index contributed by atoms with van der Waals surface area (Å²) in [4.78, 5) is 34.0. The first-order valence-electron chi connectivity index (χ1n) is 13.0. The number of benzene rings is 2. The maximum absolute atomic E-state index is 13.9. The minimum absolute atomic E-state index is 0.0748. The molecule has 9 nitrogen and oxygen atoms in total. The molecule has 0 saturated carbocycles. The highest BCUT2D eigenvalue weighted by atomic mass is 32.2. The van der Waals surface area contributed by atoms with E-state index in [1.165, 1.54) is 18.2 Å². The van der Waals surface area contributed by atoms with Gasteiger partial charge in [0.15, 0.2) is 5.82 Å². The lowest BCUT2D eigenvalue weighted by Crippen LogP contribution is -2.39. The average Bonchev–Trinajstić information content (AvgIpc) is 2.85. The SMILES string of the molecule is CC(=O)ON(C(=O)OC(C)(C)C)c1cccc(C(Cc2ccc(C(C)(C)C)cc2)NS(=O)(=O)c2cccc(F)c2)n1. The number of nitrogens with one attached hydrogen (secondary N) is 1. The first-order valence-corrected chi connectivity index (χ1v) is 14.5. The average molecular weight is 586 g/mol. The van der Waals surface area contributed by atoms with Gasteiger partial charge in [-0.25, -0.2) is 32.1 Å². The third kappa shape index (κ3) is 9.09. The normalized spacial score (nSPS) is 12.9. The molecule has 0 saturated heterocycles. The summed E-state index contributed by atoms with van der Waals surface area (Å²) in [6.45, 7) is 12.4. The van der Waals surface area contributed by atoms with Crippen molar-refractivity contribution in [1.29, 1.82) is 0 Å². The van der Waals surface area contributed by atoms with Gasteiger partial charge in [0.1, 0.15) is 11.4 Å². The Kier molecular flexibility index (Phi) is 9.55. The number of ether oxygens (including phenoxy) is 1. The van der Waals surface area contributed by atoms with Crippen molar-refractivity contribution in [3.8, 4) is 0 Å². The van der Waals surface area contributed by atoms with Crippen LogP contribution in [0, 0.1) is 5.82 Å². The fraction of sp³-hybridized carbons (Fsp3) is 0.367. The number of hydrogen-bond acceptors (Lipinski definition) is 7. The molecule has 0 aliphatic heterocycles. The Hall–Kier alpha value is -3.83. The lowest BCUT2D eigenvalue weighted by Gasteiger charge is -2.26. The van der Waals surface area contributed by atoms with Crippen molar-refractivity contribution in [2.75, 3.05) is 5.06 Å². The van der Waals surface area contributed by atoms with Crippen molar-refractivity contribution in [2.24, 2.45) is 0 Å². The molecule has 3 rings (SSSR count). The van der Waals surface area contributed by atoms with Crippen molar-refractivity contribution < 1.29 is 32.0 Å². The molecule has 3 aromatic rings. The molecule has 0 aliphatic rings. The Morgan fingerprint density at radius 2 is 1.61 bits per heavy atom. The van der Waals surface area contributed by atoms with Gasteiger partial charge in [0.2, 0.25) is 10.0 Å². The highest BCUT2D eigenvalue weighted by Crippen LogP contribution is 2.27. The molecule has 0 radical (unpaired) electrons. The first-order chi connectivity index (χ1) is 18.9. The zero-order chi connectivity index (χ0) is 30.6. The smallest absolute Gasteiger partial charge is 0.441 e. The topological polar surface area (TPSA) is 115 Å². The summed E-state index contributed by atoms with van der Waals surface area (Å²) in [7, 11) is -4.19. The third-order valence-corrected chi connectivity index (χ3v) is 7.23. The van der Waals surface area contributed by atoms with Crippen molar-refractivity contribution >= 4 is 27.9 Å². The zero-order valence-corrected chi connectivity index (χ0v) is 25.1. The van der Waals surface area contributed by atoms with Gasteiger partial charge in [-0.2, -0.15) is 0 Å². The molecule has 2 aromatic carbocycles. The molecule has 0 fully saturated rings. The van der Waals surface area contributed by atoms with Crippen LogP contribution in [0.3, 0.4) is 0 Å². The molecule has 11 heteroatoms. The molecule has 1 N–H and O–H groups in total. The van der Waals surface area contributed by atoms with E-state index in [0.29, 0.717) is 5.06 Å². The van der Waals surface area contributed by atoms with Gasteiger partial charge >= 0.3 is 12.1 Å². The van der Waals surface area contributed by atoms with E-state index in [2.05, 4.69) is 30.5 Å². The second-order valence-corrected chi connectivity index (χ2v) is 13.3. The largest absolute Gasteiger partial charge is 0.450 e. The van der Waals surface area contributed by atoms with E-state index in [1.54, 1.807) is 32.9 Å². The highest BCUT2D eigenvalue weighted by molar-refractivity contribution is 7.89. The number of aromatic nitrogens is 1. The number of rotatable bonds is 7. The van der Waals surface area contributed by atoms with E-state index in [0.717, 1.165) is 30.2 Å². The summed E-state index contributed by atoms with van der Waals surface area (Å²) in [6.07, 6.45) is -0.804. The Bertz CT molecular complexity index is 1500. The highest BCUT2D eigenvalue weighted by Gasteiger charge is 2.29. The summed E-state index contributed by atoms with van der Waals surface area (Å²) >= 11 is 0. The van der Waals surface area contributed by atoms with Crippen molar-refractivity contribution in [3.63, 3.8) is 0 Å². The molecule has 1 amide bonds. The molecule has 220 valence electrons. The predicted octanol–water partition coefficient (Wildman–Crippen LogP) is 6.00. The maximum Gasteiger partial charge on any atom is 0.450 e. The molecular formula is C30H36FN3O6S. The first kappa shape index (κ1) is 31.7. The van der Waals surface area contributed by atoms with E-state index in [1.807, 2.05) is 24.3 Å². The van der Waals surface area contributed by atoms with Gasteiger partial charge in [-0.15, -0.1) is 0 Å². The quantitative estimate of drug-likeness (QED) is 0.338. The summed E-state index contributed by atoms with van der Waals surface area (Å²) in [5.41, 5.74) is 1.17. The van der Waals surface area contributed by atoms with Gasteiger partial charge in [-0.05, 0) is 74.1 Å². The Morgan fingerprint density at radius 1 is 0.976 bits per heavy atom. The van der Waals surface area contributed by atoms with E-state index >= 15 is 0 Å². The number of anilines is 1. The van der Waals surface area contributed by atoms with Gasteiger partial charge in [0.05, 0.1) is 16.6 Å². The van der Waals surface area contributed by atoms with Gasteiger partial charge in [0, 0.05) is 6.92 Å². The molecule has 1 atom stereocenters. The number of nitrogens with zero attached hydrogens (tertiary/aromatic N) is 2. The number of hydrogen-bond donors (Lipinski definition) is 1. The number of amides is 1. The molecule has 1 aromatic heterocycles. The fourth-order valence-corrected chi connectivity index (χ4v) is 5.07. The van der Waals surface area contributed by atoms with Gasteiger partial charge in [-0.3, -0.25) is 0 Å². The van der Waals surface area contributed by atoms with Crippen LogP contribution in [0.1, 0.15) is 71.3 Å². The van der Waals surface area contributed by atoms with E-state index in [-0.39, 0.29) is 28.2 Å². The van der Waals surface area contributed by atoms with E-state index in [4.69, 9.17) is 9.57 Å². The maximum atomic E-state index is 13.9. The predicted molar refractivity (Wildman–Crippen MR) is 153 cm³/mol. The van der Waals surface area contributed by atoms with Crippen molar-refractivity contribution in [3.05, 3.63) is 89.4 Å². The summed E-state index contributed by atoms with van der Waals surface area (Å²) in [5, 5.41) is 0.618. The lowest BCUT2D eigenvalue weighted by atomic mass is 9.86. The van der Waals surface area contributed by atoms with Crippen LogP contribution in [0.2, 0.25) is 0 Å². The second kappa shape index (κ2) is 12.4. The lowest BCUT2D eigenvalue weighted by molar-refractivity contribution is -0.142. The molecule has 0 spiro atoms. The van der Waals surface area contributed by atoms with Crippen LogP contribution in [0.5, 0.6) is 0 Å². The third-order valence-electron chi connectivity index (χ3n) is 5.76. The van der Waals surface area contributed by atoms with E-state index < -0.39 is 39.5 Å². The minimum atomic E-state index is -4.19. The molecule has 0 bridgehead atoms.